The van der Waals surface area contributed by atoms with Crippen LogP contribution in [0.15, 0.2) is 42.7 Å². The Balaban J connectivity index is 1.56. The van der Waals surface area contributed by atoms with E-state index >= 15 is 0 Å². The third-order valence-corrected chi connectivity index (χ3v) is 3.97. The van der Waals surface area contributed by atoms with Crippen LogP contribution in [0.2, 0.25) is 0 Å². The molecule has 110 valence electrons. The predicted molar refractivity (Wildman–Crippen MR) is 81.8 cm³/mol. The summed E-state index contributed by atoms with van der Waals surface area (Å²) < 4.78 is 1.81. The summed E-state index contributed by atoms with van der Waals surface area (Å²) in [6, 6.07) is 10.1. The largest absolute Gasteiger partial charge is 0.325 e. The van der Waals surface area contributed by atoms with Crippen LogP contribution in [-0.2, 0) is 11.3 Å². The van der Waals surface area contributed by atoms with E-state index in [2.05, 4.69) is 22.5 Å². The molecule has 0 saturated heterocycles. The molecule has 2 aromatic rings. The van der Waals surface area contributed by atoms with E-state index in [0.717, 1.165) is 24.9 Å². The molecule has 0 atom stereocenters. The Morgan fingerprint density at radius 3 is 2.76 bits per heavy atom. The monoisotopic (exact) mass is 284 g/mol. The van der Waals surface area contributed by atoms with E-state index in [0.29, 0.717) is 13.0 Å². The van der Waals surface area contributed by atoms with Crippen molar-refractivity contribution in [2.75, 3.05) is 5.32 Å². The first-order chi connectivity index (χ1) is 10.1. The summed E-state index contributed by atoms with van der Waals surface area (Å²) in [6.07, 6.45) is 6.90. The highest BCUT2D eigenvalue weighted by atomic mass is 16.1. The molecular weight excluding hydrogens is 264 g/mol. The maximum absolute atomic E-state index is 12.0. The van der Waals surface area contributed by atoms with Gasteiger partial charge in [-0.15, -0.1) is 0 Å². The van der Waals surface area contributed by atoms with Crippen molar-refractivity contribution in [3.63, 3.8) is 0 Å². The fourth-order valence-electron chi connectivity index (χ4n) is 2.62. The van der Waals surface area contributed by atoms with Crippen molar-refractivity contribution < 1.29 is 4.79 Å². The maximum atomic E-state index is 12.0. The standard InChI is InChI=1S/C16H20N4O/c17-16(7-4-8-16)9-15(21)19-14-10-18-20(12-14)11-13-5-2-1-3-6-13/h1-3,5-6,10,12H,4,7-9,11,17H2,(H,19,21). The average molecular weight is 284 g/mol. The Morgan fingerprint density at radius 1 is 1.33 bits per heavy atom. The number of amides is 1. The van der Waals surface area contributed by atoms with Gasteiger partial charge in [0.2, 0.25) is 5.91 Å². The lowest BCUT2D eigenvalue weighted by atomic mass is 9.75. The number of hydrogen-bond acceptors (Lipinski definition) is 3. The predicted octanol–water partition coefficient (Wildman–Crippen LogP) is 2.14. The van der Waals surface area contributed by atoms with Gasteiger partial charge < -0.3 is 11.1 Å². The molecule has 0 spiro atoms. The number of aromatic nitrogens is 2. The lowest BCUT2D eigenvalue weighted by Gasteiger charge is -2.37. The van der Waals surface area contributed by atoms with Crippen LogP contribution in [0.1, 0.15) is 31.2 Å². The molecule has 0 bridgehead atoms. The number of nitrogens with one attached hydrogen (secondary N) is 1. The van der Waals surface area contributed by atoms with Gasteiger partial charge in [0.05, 0.1) is 18.4 Å². The van der Waals surface area contributed by atoms with Crippen LogP contribution in [0.3, 0.4) is 0 Å². The van der Waals surface area contributed by atoms with Crippen molar-refractivity contribution in [3.8, 4) is 0 Å². The summed E-state index contributed by atoms with van der Waals surface area (Å²) >= 11 is 0. The van der Waals surface area contributed by atoms with Crippen LogP contribution in [-0.4, -0.2) is 21.2 Å². The van der Waals surface area contributed by atoms with Gasteiger partial charge in [0.25, 0.3) is 0 Å². The lowest BCUT2D eigenvalue weighted by Crippen LogP contribution is -2.48. The summed E-state index contributed by atoms with van der Waals surface area (Å²) in [5, 5.41) is 7.14. The summed E-state index contributed by atoms with van der Waals surface area (Å²) in [6.45, 7) is 0.692. The van der Waals surface area contributed by atoms with Gasteiger partial charge in [0.1, 0.15) is 0 Å². The zero-order valence-electron chi connectivity index (χ0n) is 12.0. The molecule has 0 radical (unpaired) electrons. The van der Waals surface area contributed by atoms with E-state index < -0.39 is 0 Å². The first-order valence-corrected chi connectivity index (χ1v) is 7.28. The van der Waals surface area contributed by atoms with Crippen LogP contribution >= 0.6 is 0 Å². The fourth-order valence-corrected chi connectivity index (χ4v) is 2.62. The zero-order valence-corrected chi connectivity index (χ0v) is 12.0. The van der Waals surface area contributed by atoms with Gasteiger partial charge >= 0.3 is 0 Å². The molecule has 5 nitrogen and oxygen atoms in total. The van der Waals surface area contributed by atoms with Gasteiger partial charge in [-0.1, -0.05) is 30.3 Å². The fraction of sp³-hybridized carbons (Fsp3) is 0.375. The highest BCUT2D eigenvalue weighted by Crippen LogP contribution is 2.32. The molecule has 3 rings (SSSR count). The molecule has 1 fully saturated rings. The second kappa shape index (κ2) is 5.69. The topological polar surface area (TPSA) is 72.9 Å². The molecule has 1 aliphatic rings. The van der Waals surface area contributed by atoms with Crippen LogP contribution < -0.4 is 11.1 Å². The summed E-state index contributed by atoms with van der Waals surface area (Å²) in [7, 11) is 0. The molecule has 1 amide bonds. The van der Waals surface area contributed by atoms with Gasteiger partial charge in [-0.3, -0.25) is 9.48 Å². The normalized spacial score (nSPS) is 16.2. The highest BCUT2D eigenvalue weighted by Gasteiger charge is 2.34. The Hall–Kier alpha value is -2.14. The van der Waals surface area contributed by atoms with Gasteiger partial charge in [0.15, 0.2) is 0 Å². The molecule has 0 unspecified atom stereocenters. The van der Waals surface area contributed by atoms with Gasteiger partial charge in [0, 0.05) is 18.2 Å². The minimum absolute atomic E-state index is 0.0311. The number of benzene rings is 1. The Kier molecular flexibility index (Phi) is 3.75. The minimum atomic E-state index is -0.288. The second-order valence-corrected chi connectivity index (χ2v) is 5.85. The van der Waals surface area contributed by atoms with E-state index in [1.165, 1.54) is 5.56 Å². The van der Waals surface area contributed by atoms with Crippen molar-refractivity contribution in [2.45, 2.75) is 37.8 Å². The molecular formula is C16H20N4O. The first-order valence-electron chi connectivity index (χ1n) is 7.28. The van der Waals surface area contributed by atoms with Crippen LogP contribution in [0.4, 0.5) is 5.69 Å². The number of nitrogens with two attached hydrogens (primary N) is 1. The number of hydrogen-bond donors (Lipinski definition) is 2. The third-order valence-electron chi connectivity index (χ3n) is 3.97. The Bertz CT molecular complexity index is 616. The van der Waals surface area contributed by atoms with Crippen molar-refractivity contribution in [3.05, 3.63) is 48.3 Å². The van der Waals surface area contributed by atoms with Crippen LogP contribution in [0.25, 0.3) is 0 Å². The molecule has 21 heavy (non-hydrogen) atoms. The molecule has 1 saturated carbocycles. The smallest absolute Gasteiger partial charge is 0.226 e. The van der Waals surface area contributed by atoms with Gasteiger partial charge in [-0.25, -0.2) is 0 Å². The number of anilines is 1. The summed E-state index contributed by atoms with van der Waals surface area (Å²) in [4.78, 5) is 12.0. The molecule has 5 heteroatoms. The number of nitrogens with zero attached hydrogens (tertiary/aromatic N) is 2. The van der Waals surface area contributed by atoms with E-state index in [9.17, 15) is 4.79 Å². The number of rotatable bonds is 5. The van der Waals surface area contributed by atoms with Crippen molar-refractivity contribution >= 4 is 11.6 Å². The molecule has 1 heterocycles. The molecule has 3 N–H and O–H groups in total. The Morgan fingerprint density at radius 2 is 2.10 bits per heavy atom. The Labute approximate surface area is 124 Å². The molecule has 1 aromatic carbocycles. The van der Waals surface area contributed by atoms with Gasteiger partial charge in [-0.05, 0) is 24.8 Å². The van der Waals surface area contributed by atoms with Crippen molar-refractivity contribution in [1.82, 2.24) is 9.78 Å². The summed E-state index contributed by atoms with van der Waals surface area (Å²) in [5.41, 5.74) is 7.69. The van der Waals surface area contributed by atoms with E-state index in [-0.39, 0.29) is 11.4 Å². The summed E-state index contributed by atoms with van der Waals surface area (Å²) in [5.74, 6) is -0.0311. The minimum Gasteiger partial charge on any atom is -0.325 e. The van der Waals surface area contributed by atoms with Crippen LogP contribution in [0, 0.1) is 0 Å². The van der Waals surface area contributed by atoms with Gasteiger partial charge in [-0.2, -0.15) is 5.10 Å². The first kappa shape index (κ1) is 13.8. The van der Waals surface area contributed by atoms with E-state index in [4.69, 9.17) is 5.73 Å². The highest BCUT2D eigenvalue weighted by molar-refractivity contribution is 5.91. The van der Waals surface area contributed by atoms with E-state index in [1.807, 2.05) is 29.1 Å². The molecule has 1 aromatic heterocycles. The number of carbonyl (C=O) groups is 1. The van der Waals surface area contributed by atoms with Crippen LogP contribution in [0.5, 0.6) is 0 Å². The quantitative estimate of drug-likeness (QED) is 0.883. The third kappa shape index (κ3) is 3.49. The van der Waals surface area contributed by atoms with Crippen molar-refractivity contribution in [2.24, 2.45) is 5.73 Å². The zero-order chi connectivity index (χ0) is 14.7. The average Bonchev–Trinajstić information content (AvgIpc) is 2.85. The molecule has 1 aliphatic carbocycles. The van der Waals surface area contributed by atoms with E-state index in [1.54, 1.807) is 6.20 Å². The lowest BCUT2D eigenvalue weighted by molar-refractivity contribution is -0.118. The second-order valence-electron chi connectivity index (χ2n) is 5.85. The maximum Gasteiger partial charge on any atom is 0.226 e. The number of carbonyl (C=O) groups excluding carboxylic acids is 1. The van der Waals surface area contributed by atoms with Crippen molar-refractivity contribution in [1.29, 1.82) is 0 Å². The molecule has 0 aliphatic heterocycles. The SMILES string of the molecule is NC1(CC(=O)Nc2cnn(Cc3ccccc3)c2)CCC1.